The number of phenols is 2. The van der Waals surface area contributed by atoms with Gasteiger partial charge in [-0.15, -0.1) is 0 Å². The Morgan fingerprint density at radius 2 is 2.06 bits per heavy atom. The molecule has 0 aromatic heterocycles. The number of hydrogen-bond acceptors (Lipinski definition) is 4. The molecule has 5 N–H and O–H groups in total. The van der Waals surface area contributed by atoms with Crippen LogP contribution >= 0.6 is 0 Å². The lowest BCUT2D eigenvalue weighted by molar-refractivity contribution is 0.0947. The number of rotatable bonds is 5. The van der Waals surface area contributed by atoms with Gasteiger partial charge in [0.1, 0.15) is 11.5 Å². The van der Waals surface area contributed by atoms with Crippen LogP contribution in [0.25, 0.3) is 0 Å². The van der Waals surface area contributed by atoms with Gasteiger partial charge in [0, 0.05) is 12.6 Å². The predicted octanol–water partition coefficient (Wildman–Crippen LogP) is 1.20. The molecule has 5 heteroatoms. The van der Waals surface area contributed by atoms with Gasteiger partial charge in [0.15, 0.2) is 0 Å². The summed E-state index contributed by atoms with van der Waals surface area (Å²) in [5, 5.41) is 21.4. The molecule has 1 aromatic rings. The molecule has 1 atom stereocenters. The molecule has 0 radical (unpaired) electrons. The maximum Gasteiger partial charge on any atom is 0.255 e. The van der Waals surface area contributed by atoms with Gasteiger partial charge in [-0.3, -0.25) is 4.79 Å². The number of nitrogens with one attached hydrogen (secondary N) is 1. The molecule has 1 unspecified atom stereocenters. The summed E-state index contributed by atoms with van der Waals surface area (Å²) in [4.78, 5) is 11.8. The van der Waals surface area contributed by atoms with E-state index in [-0.39, 0.29) is 23.1 Å². The van der Waals surface area contributed by atoms with E-state index in [9.17, 15) is 15.0 Å². The van der Waals surface area contributed by atoms with Gasteiger partial charge in [0.2, 0.25) is 0 Å². The summed E-state index contributed by atoms with van der Waals surface area (Å²) in [5.74, 6) is -0.208. The molecule has 0 saturated heterocycles. The Hall–Kier alpha value is -1.75. The summed E-state index contributed by atoms with van der Waals surface area (Å²) in [7, 11) is 0. The van der Waals surface area contributed by atoms with Crippen molar-refractivity contribution in [3.63, 3.8) is 0 Å². The van der Waals surface area contributed by atoms with Crippen molar-refractivity contribution >= 4 is 5.91 Å². The fourth-order valence-electron chi connectivity index (χ4n) is 1.71. The number of benzene rings is 1. The molecule has 0 fully saturated rings. The number of hydrogen-bond donors (Lipinski definition) is 4. The fourth-order valence-corrected chi connectivity index (χ4v) is 1.71. The quantitative estimate of drug-likeness (QED) is 0.592. The van der Waals surface area contributed by atoms with Crippen LogP contribution in [0.3, 0.4) is 0 Å². The van der Waals surface area contributed by atoms with Gasteiger partial charge in [-0.25, -0.2) is 0 Å². The van der Waals surface area contributed by atoms with E-state index < -0.39 is 5.91 Å². The maximum atomic E-state index is 11.8. The number of nitrogens with two attached hydrogens (primary N) is 1. The summed E-state index contributed by atoms with van der Waals surface area (Å²) < 4.78 is 0. The Labute approximate surface area is 107 Å². The minimum Gasteiger partial charge on any atom is -0.508 e. The zero-order chi connectivity index (χ0) is 13.7. The molecule has 0 aliphatic rings. The molecule has 1 rings (SSSR count). The first-order valence-electron chi connectivity index (χ1n) is 5.96. The Balaban J connectivity index is 2.58. The molecule has 0 aliphatic carbocycles. The molecule has 0 spiro atoms. The lowest BCUT2D eigenvalue weighted by Crippen LogP contribution is -2.38. The molecule has 1 aromatic carbocycles. The van der Waals surface area contributed by atoms with Crippen molar-refractivity contribution in [2.75, 3.05) is 6.54 Å². The summed E-state index contributed by atoms with van der Waals surface area (Å²) in [6.45, 7) is 4.46. The Bertz CT molecular complexity index is 419. The van der Waals surface area contributed by atoms with E-state index >= 15 is 0 Å². The van der Waals surface area contributed by atoms with E-state index in [0.717, 1.165) is 6.42 Å². The largest absolute Gasteiger partial charge is 0.508 e. The Morgan fingerprint density at radius 1 is 1.39 bits per heavy atom. The molecule has 1 amide bonds. The van der Waals surface area contributed by atoms with Crippen LogP contribution in [-0.2, 0) is 0 Å². The van der Waals surface area contributed by atoms with Gasteiger partial charge in [-0.2, -0.15) is 0 Å². The van der Waals surface area contributed by atoms with Gasteiger partial charge in [0.05, 0.1) is 5.56 Å². The molecule has 18 heavy (non-hydrogen) atoms. The van der Waals surface area contributed by atoms with Crippen molar-refractivity contribution in [3.8, 4) is 11.5 Å². The smallest absolute Gasteiger partial charge is 0.255 e. The normalized spacial score (nSPS) is 12.4. The number of aromatic hydroxyl groups is 2. The Morgan fingerprint density at radius 3 is 2.67 bits per heavy atom. The van der Waals surface area contributed by atoms with Gasteiger partial charge < -0.3 is 21.3 Å². The summed E-state index contributed by atoms with van der Waals surface area (Å²) >= 11 is 0. The second-order valence-corrected chi connectivity index (χ2v) is 4.80. The number of carbonyl (C=O) groups excluding carboxylic acids is 1. The highest BCUT2D eigenvalue weighted by molar-refractivity contribution is 5.97. The molecule has 0 bridgehead atoms. The highest BCUT2D eigenvalue weighted by Gasteiger charge is 2.13. The molecule has 0 heterocycles. The predicted molar refractivity (Wildman–Crippen MR) is 69.5 cm³/mol. The minimum absolute atomic E-state index is 0.0479. The van der Waals surface area contributed by atoms with E-state index in [1.165, 1.54) is 18.2 Å². The molecule has 0 aliphatic heterocycles. The second-order valence-electron chi connectivity index (χ2n) is 4.80. The van der Waals surface area contributed by atoms with Crippen molar-refractivity contribution in [3.05, 3.63) is 23.8 Å². The van der Waals surface area contributed by atoms with Crippen molar-refractivity contribution in [1.82, 2.24) is 5.32 Å². The lowest BCUT2D eigenvalue weighted by atomic mass is 10.0. The van der Waals surface area contributed by atoms with Crippen LogP contribution in [0.15, 0.2) is 18.2 Å². The SMILES string of the molecule is CC(C)CC(N)CNC(=O)c1cc(O)ccc1O. The monoisotopic (exact) mass is 252 g/mol. The molecular formula is C13H20N2O3. The van der Waals surface area contributed by atoms with Crippen LogP contribution in [0.4, 0.5) is 0 Å². The van der Waals surface area contributed by atoms with Gasteiger partial charge in [-0.1, -0.05) is 13.8 Å². The van der Waals surface area contributed by atoms with E-state index in [1.54, 1.807) is 0 Å². The first kappa shape index (κ1) is 14.3. The molecule has 0 saturated carbocycles. The number of carbonyl (C=O) groups is 1. The van der Waals surface area contributed by atoms with Gasteiger partial charge in [0.25, 0.3) is 5.91 Å². The summed E-state index contributed by atoms with van der Waals surface area (Å²) in [6.07, 6.45) is 0.812. The van der Waals surface area contributed by atoms with Gasteiger partial charge in [-0.05, 0) is 30.5 Å². The highest BCUT2D eigenvalue weighted by atomic mass is 16.3. The first-order chi connectivity index (χ1) is 8.40. The van der Waals surface area contributed by atoms with Crippen molar-refractivity contribution in [2.24, 2.45) is 11.7 Å². The van der Waals surface area contributed by atoms with Crippen LogP contribution in [0.1, 0.15) is 30.6 Å². The first-order valence-corrected chi connectivity index (χ1v) is 5.96. The summed E-state index contributed by atoms with van der Waals surface area (Å²) in [5.41, 5.74) is 5.89. The molecule has 100 valence electrons. The van der Waals surface area contributed by atoms with Crippen molar-refractivity contribution in [2.45, 2.75) is 26.3 Å². The average molecular weight is 252 g/mol. The van der Waals surface area contributed by atoms with Crippen LogP contribution in [0.5, 0.6) is 11.5 Å². The van der Waals surface area contributed by atoms with E-state index in [1.807, 2.05) is 0 Å². The third-order valence-corrected chi connectivity index (χ3v) is 2.52. The number of phenolic OH excluding ortho intramolecular Hbond substituents is 2. The van der Waals surface area contributed by atoms with Crippen LogP contribution in [0.2, 0.25) is 0 Å². The lowest BCUT2D eigenvalue weighted by Gasteiger charge is -2.15. The van der Waals surface area contributed by atoms with E-state index in [4.69, 9.17) is 5.73 Å². The van der Waals surface area contributed by atoms with E-state index in [2.05, 4.69) is 19.2 Å². The maximum absolute atomic E-state index is 11.8. The number of amides is 1. The minimum atomic E-state index is -0.442. The zero-order valence-corrected chi connectivity index (χ0v) is 10.7. The fraction of sp³-hybridized carbons (Fsp3) is 0.462. The van der Waals surface area contributed by atoms with Crippen LogP contribution < -0.4 is 11.1 Å². The molecular weight excluding hydrogens is 232 g/mol. The second kappa shape index (κ2) is 6.26. The highest BCUT2D eigenvalue weighted by Crippen LogP contribution is 2.21. The van der Waals surface area contributed by atoms with E-state index in [0.29, 0.717) is 12.5 Å². The standard InChI is InChI=1S/C13H20N2O3/c1-8(2)5-9(14)7-15-13(18)11-6-10(16)3-4-12(11)17/h3-4,6,8-9,16-17H,5,7,14H2,1-2H3,(H,15,18). The average Bonchev–Trinajstić information content (AvgIpc) is 2.28. The summed E-state index contributed by atoms with van der Waals surface area (Å²) in [6, 6.07) is 3.70. The van der Waals surface area contributed by atoms with Crippen LogP contribution in [-0.4, -0.2) is 28.7 Å². The Kier molecular flexibility index (Phi) is 4.97. The zero-order valence-electron chi connectivity index (χ0n) is 10.7. The van der Waals surface area contributed by atoms with Crippen molar-refractivity contribution in [1.29, 1.82) is 0 Å². The third-order valence-electron chi connectivity index (χ3n) is 2.52. The van der Waals surface area contributed by atoms with Crippen molar-refractivity contribution < 1.29 is 15.0 Å². The van der Waals surface area contributed by atoms with Crippen LogP contribution in [0, 0.1) is 5.92 Å². The topological polar surface area (TPSA) is 95.6 Å². The third kappa shape index (κ3) is 4.25. The van der Waals surface area contributed by atoms with Gasteiger partial charge >= 0.3 is 0 Å². The molecule has 5 nitrogen and oxygen atoms in total.